The third-order valence-electron chi connectivity index (χ3n) is 4.90. The highest BCUT2D eigenvalue weighted by molar-refractivity contribution is 14.0. The number of aliphatic imine (C=N–C) groups is 1. The summed E-state index contributed by atoms with van der Waals surface area (Å²) < 4.78 is 7.33. The van der Waals surface area contributed by atoms with Crippen LogP contribution in [-0.2, 0) is 19.5 Å². The zero-order chi connectivity index (χ0) is 21.3. The molecule has 1 aromatic heterocycles. The monoisotopic (exact) mass is 553 g/mol. The van der Waals surface area contributed by atoms with Crippen LogP contribution in [-0.4, -0.2) is 36.2 Å². The van der Waals surface area contributed by atoms with Crippen molar-refractivity contribution in [2.24, 2.45) is 4.99 Å². The summed E-state index contributed by atoms with van der Waals surface area (Å²) in [6.07, 6.45) is 4.62. The van der Waals surface area contributed by atoms with Crippen molar-refractivity contribution < 1.29 is 4.74 Å². The van der Waals surface area contributed by atoms with Crippen LogP contribution >= 0.6 is 35.6 Å². The van der Waals surface area contributed by atoms with Gasteiger partial charge in [-0.1, -0.05) is 41.9 Å². The second-order valence-corrected chi connectivity index (χ2v) is 7.39. The number of methoxy groups -OCH3 is 1. The smallest absolute Gasteiger partial charge is 0.191 e. The lowest BCUT2D eigenvalue weighted by Gasteiger charge is -2.13. The van der Waals surface area contributed by atoms with Crippen molar-refractivity contribution in [2.75, 3.05) is 20.7 Å². The molecule has 3 rings (SSSR count). The fourth-order valence-corrected chi connectivity index (χ4v) is 3.45. The highest BCUT2D eigenvalue weighted by atomic mass is 127. The number of hydrogen-bond acceptors (Lipinski definition) is 3. The molecule has 0 amide bonds. The van der Waals surface area contributed by atoms with Gasteiger partial charge in [0, 0.05) is 44.1 Å². The van der Waals surface area contributed by atoms with E-state index in [0.29, 0.717) is 11.6 Å². The third kappa shape index (κ3) is 7.43. The van der Waals surface area contributed by atoms with Gasteiger partial charge in [-0.15, -0.1) is 24.0 Å². The Morgan fingerprint density at radius 1 is 1.16 bits per heavy atom. The highest BCUT2D eigenvalue weighted by Gasteiger charge is 2.05. The maximum atomic E-state index is 6.31. The molecule has 3 aromatic rings. The average Bonchev–Trinajstić information content (AvgIpc) is 3.16. The first-order valence-electron chi connectivity index (χ1n) is 9.91. The quantitative estimate of drug-likeness (QED) is 0.246. The number of aromatic nitrogens is 2. The van der Waals surface area contributed by atoms with E-state index < -0.39 is 0 Å². The maximum Gasteiger partial charge on any atom is 0.191 e. The van der Waals surface area contributed by atoms with Gasteiger partial charge in [0.25, 0.3) is 0 Å². The molecular formula is C23H29ClIN5O. The predicted molar refractivity (Wildman–Crippen MR) is 138 cm³/mol. The number of guanidine groups is 1. The van der Waals surface area contributed by atoms with Gasteiger partial charge in [0.05, 0.1) is 7.11 Å². The summed E-state index contributed by atoms with van der Waals surface area (Å²) in [6, 6.07) is 14.3. The normalized spacial score (nSPS) is 11.0. The Morgan fingerprint density at radius 3 is 2.65 bits per heavy atom. The van der Waals surface area contributed by atoms with Crippen LogP contribution in [0.4, 0.5) is 0 Å². The van der Waals surface area contributed by atoms with Gasteiger partial charge in [-0.2, -0.15) is 0 Å². The minimum absolute atomic E-state index is 0. The SMILES string of the molecule is CN=C(NCCc1ccc(OC)cc1Cl)NCc1cccc(Cn2ccnc2C)c1.I. The summed E-state index contributed by atoms with van der Waals surface area (Å²) in [5.41, 5.74) is 3.52. The van der Waals surface area contributed by atoms with Crippen LogP contribution in [0.3, 0.4) is 0 Å². The van der Waals surface area contributed by atoms with Crippen molar-refractivity contribution in [2.45, 2.75) is 26.4 Å². The zero-order valence-electron chi connectivity index (χ0n) is 18.1. The second-order valence-electron chi connectivity index (χ2n) is 6.98. The van der Waals surface area contributed by atoms with Crippen molar-refractivity contribution in [3.8, 4) is 5.75 Å². The Hall–Kier alpha value is -2.26. The van der Waals surface area contributed by atoms with E-state index >= 15 is 0 Å². The molecular weight excluding hydrogens is 525 g/mol. The van der Waals surface area contributed by atoms with E-state index in [0.717, 1.165) is 42.6 Å². The molecule has 0 spiro atoms. The standard InChI is InChI=1S/C23H28ClN5O.HI/c1-17-26-11-12-29(17)16-19-6-4-5-18(13-19)15-28-23(25-2)27-10-9-20-7-8-21(30-3)14-22(20)24;/h4-8,11-14H,9-10,15-16H2,1-3H3,(H2,25,27,28);1H. The number of nitrogens with one attached hydrogen (secondary N) is 2. The van der Waals surface area contributed by atoms with E-state index in [1.165, 1.54) is 11.1 Å². The molecule has 0 fully saturated rings. The first-order valence-corrected chi connectivity index (χ1v) is 10.3. The minimum atomic E-state index is 0. The number of halogens is 2. The topological polar surface area (TPSA) is 63.5 Å². The van der Waals surface area contributed by atoms with E-state index in [1.54, 1.807) is 14.2 Å². The lowest BCUT2D eigenvalue weighted by molar-refractivity contribution is 0.414. The predicted octanol–water partition coefficient (Wildman–Crippen LogP) is 4.43. The van der Waals surface area contributed by atoms with Gasteiger partial charge >= 0.3 is 0 Å². The van der Waals surface area contributed by atoms with Crippen molar-refractivity contribution in [1.29, 1.82) is 0 Å². The number of imidazole rings is 1. The minimum Gasteiger partial charge on any atom is -0.497 e. The van der Waals surface area contributed by atoms with E-state index in [2.05, 4.69) is 49.4 Å². The van der Waals surface area contributed by atoms with Crippen LogP contribution in [0.15, 0.2) is 59.9 Å². The molecule has 2 aromatic carbocycles. The van der Waals surface area contributed by atoms with E-state index in [1.807, 2.05) is 37.5 Å². The van der Waals surface area contributed by atoms with Crippen LogP contribution in [0, 0.1) is 6.92 Å². The highest BCUT2D eigenvalue weighted by Crippen LogP contribution is 2.22. The van der Waals surface area contributed by atoms with Gasteiger partial charge in [0.1, 0.15) is 11.6 Å². The van der Waals surface area contributed by atoms with Crippen LogP contribution in [0.2, 0.25) is 5.02 Å². The fraction of sp³-hybridized carbons (Fsp3) is 0.304. The molecule has 31 heavy (non-hydrogen) atoms. The van der Waals surface area contributed by atoms with Gasteiger partial charge in [0.15, 0.2) is 5.96 Å². The van der Waals surface area contributed by atoms with Gasteiger partial charge in [0.2, 0.25) is 0 Å². The largest absolute Gasteiger partial charge is 0.497 e. The summed E-state index contributed by atoms with van der Waals surface area (Å²) in [5.74, 6) is 2.54. The van der Waals surface area contributed by atoms with Crippen LogP contribution in [0.1, 0.15) is 22.5 Å². The molecule has 8 heteroatoms. The molecule has 0 saturated carbocycles. The van der Waals surface area contributed by atoms with E-state index in [9.17, 15) is 0 Å². The number of benzene rings is 2. The number of hydrogen-bond donors (Lipinski definition) is 2. The Labute approximate surface area is 206 Å². The molecule has 0 aliphatic carbocycles. The molecule has 0 unspecified atom stereocenters. The molecule has 6 nitrogen and oxygen atoms in total. The second kappa shape index (κ2) is 12.6. The summed E-state index contributed by atoms with van der Waals surface area (Å²) in [7, 11) is 3.41. The van der Waals surface area contributed by atoms with Gasteiger partial charge in [-0.3, -0.25) is 4.99 Å². The Balaban J connectivity index is 0.00000341. The van der Waals surface area contributed by atoms with Crippen molar-refractivity contribution >= 4 is 41.5 Å². The summed E-state index contributed by atoms with van der Waals surface area (Å²) in [5, 5.41) is 7.42. The molecule has 0 bridgehead atoms. The molecule has 1 heterocycles. The maximum absolute atomic E-state index is 6.31. The van der Waals surface area contributed by atoms with E-state index in [4.69, 9.17) is 16.3 Å². The van der Waals surface area contributed by atoms with Gasteiger partial charge < -0.3 is 19.9 Å². The van der Waals surface area contributed by atoms with Crippen molar-refractivity contribution in [1.82, 2.24) is 20.2 Å². The summed E-state index contributed by atoms with van der Waals surface area (Å²) >= 11 is 6.31. The molecule has 166 valence electrons. The van der Waals surface area contributed by atoms with Gasteiger partial charge in [-0.05, 0) is 42.2 Å². The van der Waals surface area contributed by atoms with Crippen LogP contribution in [0.5, 0.6) is 5.75 Å². The zero-order valence-corrected chi connectivity index (χ0v) is 21.1. The van der Waals surface area contributed by atoms with Crippen molar-refractivity contribution in [3.05, 3.63) is 82.4 Å². The molecule has 0 atom stereocenters. The number of aryl methyl sites for hydroxylation is 1. The Bertz CT molecular complexity index is 1010. The average molecular weight is 554 g/mol. The Morgan fingerprint density at radius 2 is 1.97 bits per heavy atom. The number of nitrogens with zero attached hydrogens (tertiary/aromatic N) is 3. The summed E-state index contributed by atoms with van der Waals surface area (Å²) in [4.78, 5) is 8.59. The lowest BCUT2D eigenvalue weighted by atomic mass is 10.1. The summed E-state index contributed by atoms with van der Waals surface area (Å²) in [6.45, 7) is 4.25. The third-order valence-corrected chi connectivity index (χ3v) is 5.25. The van der Waals surface area contributed by atoms with Crippen LogP contribution < -0.4 is 15.4 Å². The molecule has 0 saturated heterocycles. The first-order chi connectivity index (χ1) is 14.6. The molecule has 0 aliphatic rings. The van der Waals surface area contributed by atoms with Gasteiger partial charge in [-0.25, -0.2) is 4.98 Å². The molecule has 0 aliphatic heterocycles. The first kappa shape index (κ1) is 25.0. The number of ether oxygens (including phenoxy) is 1. The van der Waals surface area contributed by atoms with E-state index in [-0.39, 0.29) is 24.0 Å². The Kier molecular flexibility index (Phi) is 10.1. The molecule has 2 N–H and O–H groups in total. The fourth-order valence-electron chi connectivity index (χ4n) is 3.19. The lowest BCUT2D eigenvalue weighted by Crippen LogP contribution is -2.37. The van der Waals surface area contributed by atoms with Crippen molar-refractivity contribution in [3.63, 3.8) is 0 Å². The molecule has 0 radical (unpaired) electrons. The van der Waals surface area contributed by atoms with Crippen LogP contribution in [0.25, 0.3) is 0 Å². The number of rotatable bonds is 8.